The molecule has 1 heterocycles. The second-order valence-electron chi connectivity index (χ2n) is 5.46. The van der Waals surface area contributed by atoms with Gasteiger partial charge in [-0.3, -0.25) is 4.79 Å². The minimum Gasteiger partial charge on any atom is -0.381 e. The highest BCUT2D eigenvalue weighted by molar-refractivity contribution is 5.76. The van der Waals surface area contributed by atoms with E-state index >= 15 is 0 Å². The van der Waals surface area contributed by atoms with Crippen LogP contribution in [-0.4, -0.2) is 50.2 Å². The van der Waals surface area contributed by atoms with Gasteiger partial charge in [0.25, 0.3) is 0 Å². The number of ether oxygens (including phenoxy) is 1. The summed E-state index contributed by atoms with van der Waals surface area (Å²) in [5.74, 6) is 0.994. The molecule has 0 radical (unpaired) electrons. The average molecular weight is 254 g/mol. The Bertz CT molecular complexity index is 246. The lowest BCUT2D eigenvalue weighted by Gasteiger charge is -2.27. The Morgan fingerprint density at radius 2 is 1.89 bits per heavy atom. The van der Waals surface area contributed by atoms with Gasteiger partial charge in [0, 0.05) is 32.8 Å². The molecule has 0 aromatic heterocycles. The smallest absolute Gasteiger partial charge is 0.224 e. The topological polar surface area (TPSA) is 41.6 Å². The molecule has 104 valence electrons. The Morgan fingerprint density at radius 1 is 1.17 bits per heavy atom. The maximum absolute atomic E-state index is 11.9. The Labute approximate surface area is 110 Å². The van der Waals surface area contributed by atoms with Gasteiger partial charge in [-0.1, -0.05) is 19.3 Å². The van der Waals surface area contributed by atoms with Crippen molar-refractivity contribution in [2.75, 3.05) is 39.4 Å². The van der Waals surface area contributed by atoms with Crippen molar-refractivity contribution >= 4 is 5.91 Å². The van der Waals surface area contributed by atoms with Crippen LogP contribution in [0.4, 0.5) is 0 Å². The summed E-state index contributed by atoms with van der Waals surface area (Å²) < 4.78 is 5.67. The van der Waals surface area contributed by atoms with Gasteiger partial charge in [-0.05, 0) is 18.8 Å². The lowest BCUT2D eigenvalue weighted by atomic mass is 9.90. The van der Waals surface area contributed by atoms with Crippen LogP contribution in [0.1, 0.15) is 38.5 Å². The van der Waals surface area contributed by atoms with Gasteiger partial charge in [-0.15, -0.1) is 0 Å². The number of carbonyl (C=O) groups excluding carboxylic acids is 1. The van der Waals surface area contributed by atoms with Gasteiger partial charge in [0.05, 0.1) is 13.0 Å². The molecule has 1 saturated carbocycles. The minimum atomic E-state index is 0.250. The standard InChI is InChI=1S/C14H26N2O2/c17-14(16-9-7-15-8-10-16)6-11-18-12-13-4-2-1-3-5-13/h13,15H,1-12H2. The molecule has 2 rings (SSSR count). The number of carbonyl (C=O) groups is 1. The molecular formula is C14H26N2O2. The summed E-state index contributed by atoms with van der Waals surface area (Å²) in [6.45, 7) is 5.00. The third kappa shape index (κ3) is 4.58. The zero-order valence-electron chi connectivity index (χ0n) is 11.3. The fraction of sp³-hybridized carbons (Fsp3) is 0.929. The van der Waals surface area contributed by atoms with Crippen LogP contribution in [0.5, 0.6) is 0 Å². The number of nitrogens with zero attached hydrogens (tertiary/aromatic N) is 1. The van der Waals surface area contributed by atoms with Gasteiger partial charge in [0.1, 0.15) is 0 Å². The molecule has 1 N–H and O–H groups in total. The first-order chi connectivity index (χ1) is 8.86. The summed E-state index contributed by atoms with van der Waals surface area (Å²) in [5.41, 5.74) is 0. The lowest BCUT2D eigenvalue weighted by molar-refractivity contribution is -0.133. The van der Waals surface area contributed by atoms with Gasteiger partial charge in [0.15, 0.2) is 0 Å². The fourth-order valence-corrected chi connectivity index (χ4v) is 2.84. The quantitative estimate of drug-likeness (QED) is 0.754. The lowest BCUT2D eigenvalue weighted by Crippen LogP contribution is -2.46. The normalized spacial score (nSPS) is 22.1. The summed E-state index contributed by atoms with van der Waals surface area (Å²) in [6.07, 6.45) is 7.27. The van der Waals surface area contributed by atoms with Crippen LogP contribution in [0.25, 0.3) is 0 Å². The molecule has 0 aromatic carbocycles. The van der Waals surface area contributed by atoms with E-state index in [2.05, 4.69) is 5.32 Å². The second-order valence-corrected chi connectivity index (χ2v) is 5.46. The summed E-state index contributed by atoms with van der Waals surface area (Å²) in [6, 6.07) is 0. The predicted octanol–water partition coefficient (Wildman–Crippen LogP) is 1.41. The third-order valence-electron chi connectivity index (χ3n) is 4.01. The highest BCUT2D eigenvalue weighted by Crippen LogP contribution is 2.23. The molecule has 1 aliphatic carbocycles. The number of hydrogen-bond acceptors (Lipinski definition) is 3. The van der Waals surface area contributed by atoms with Crippen molar-refractivity contribution in [1.82, 2.24) is 10.2 Å². The molecule has 4 nitrogen and oxygen atoms in total. The number of amides is 1. The van der Waals surface area contributed by atoms with E-state index in [1.807, 2.05) is 4.90 Å². The van der Waals surface area contributed by atoms with Crippen LogP contribution in [0, 0.1) is 5.92 Å². The van der Waals surface area contributed by atoms with E-state index in [-0.39, 0.29) is 5.91 Å². The zero-order chi connectivity index (χ0) is 12.6. The van der Waals surface area contributed by atoms with Gasteiger partial charge in [-0.25, -0.2) is 0 Å². The average Bonchev–Trinajstić information content (AvgIpc) is 2.45. The molecule has 0 spiro atoms. The summed E-state index contributed by atoms with van der Waals surface area (Å²) >= 11 is 0. The monoisotopic (exact) mass is 254 g/mol. The molecule has 0 atom stereocenters. The minimum absolute atomic E-state index is 0.250. The molecule has 4 heteroatoms. The first kappa shape index (κ1) is 13.8. The summed E-state index contributed by atoms with van der Waals surface area (Å²) in [4.78, 5) is 13.8. The number of hydrogen-bond donors (Lipinski definition) is 1. The molecule has 2 fully saturated rings. The van der Waals surface area contributed by atoms with Gasteiger partial charge in [0.2, 0.25) is 5.91 Å². The molecule has 0 aromatic rings. The maximum Gasteiger partial charge on any atom is 0.224 e. The SMILES string of the molecule is O=C(CCOCC1CCCCC1)N1CCNCC1. The van der Waals surface area contributed by atoms with Crippen molar-refractivity contribution in [2.24, 2.45) is 5.92 Å². The molecule has 1 amide bonds. The van der Waals surface area contributed by atoms with Crippen LogP contribution in [-0.2, 0) is 9.53 Å². The van der Waals surface area contributed by atoms with Crippen molar-refractivity contribution < 1.29 is 9.53 Å². The van der Waals surface area contributed by atoms with Gasteiger partial charge in [-0.2, -0.15) is 0 Å². The van der Waals surface area contributed by atoms with E-state index in [1.165, 1.54) is 32.1 Å². The molecule has 1 saturated heterocycles. The van der Waals surface area contributed by atoms with Crippen molar-refractivity contribution in [3.63, 3.8) is 0 Å². The number of rotatable bonds is 5. The number of nitrogens with one attached hydrogen (secondary N) is 1. The van der Waals surface area contributed by atoms with Crippen LogP contribution < -0.4 is 5.32 Å². The second kappa shape index (κ2) is 7.74. The molecule has 0 bridgehead atoms. The molecule has 2 aliphatic rings. The highest BCUT2D eigenvalue weighted by Gasteiger charge is 2.16. The Hall–Kier alpha value is -0.610. The van der Waals surface area contributed by atoms with Crippen molar-refractivity contribution in [3.8, 4) is 0 Å². The van der Waals surface area contributed by atoms with E-state index in [9.17, 15) is 4.79 Å². The number of piperazine rings is 1. The van der Waals surface area contributed by atoms with E-state index in [4.69, 9.17) is 4.74 Å². The Morgan fingerprint density at radius 3 is 2.61 bits per heavy atom. The van der Waals surface area contributed by atoms with E-state index in [0.717, 1.165) is 38.7 Å². The van der Waals surface area contributed by atoms with Crippen LogP contribution >= 0.6 is 0 Å². The molecule has 0 unspecified atom stereocenters. The van der Waals surface area contributed by atoms with Crippen molar-refractivity contribution in [1.29, 1.82) is 0 Å². The Kier molecular flexibility index (Phi) is 5.94. The van der Waals surface area contributed by atoms with Crippen molar-refractivity contribution in [2.45, 2.75) is 38.5 Å². The first-order valence-electron chi connectivity index (χ1n) is 7.42. The molecular weight excluding hydrogens is 228 g/mol. The highest BCUT2D eigenvalue weighted by atomic mass is 16.5. The van der Waals surface area contributed by atoms with Crippen LogP contribution in [0.3, 0.4) is 0 Å². The first-order valence-corrected chi connectivity index (χ1v) is 7.42. The fourth-order valence-electron chi connectivity index (χ4n) is 2.84. The summed E-state index contributed by atoms with van der Waals surface area (Å²) in [7, 11) is 0. The zero-order valence-corrected chi connectivity index (χ0v) is 11.3. The van der Waals surface area contributed by atoms with Gasteiger partial charge >= 0.3 is 0 Å². The Balaban J connectivity index is 1.52. The molecule has 18 heavy (non-hydrogen) atoms. The van der Waals surface area contributed by atoms with E-state index in [0.29, 0.717) is 13.0 Å². The summed E-state index contributed by atoms with van der Waals surface area (Å²) in [5, 5.41) is 3.25. The van der Waals surface area contributed by atoms with Crippen LogP contribution in [0.15, 0.2) is 0 Å². The maximum atomic E-state index is 11.9. The van der Waals surface area contributed by atoms with Crippen molar-refractivity contribution in [3.05, 3.63) is 0 Å². The predicted molar refractivity (Wildman–Crippen MR) is 71.5 cm³/mol. The van der Waals surface area contributed by atoms with E-state index < -0.39 is 0 Å². The van der Waals surface area contributed by atoms with E-state index in [1.54, 1.807) is 0 Å². The largest absolute Gasteiger partial charge is 0.381 e. The third-order valence-corrected chi connectivity index (χ3v) is 4.01. The molecule has 1 aliphatic heterocycles. The van der Waals surface area contributed by atoms with Crippen LogP contribution in [0.2, 0.25) is 0 Å². The van der Waals surface area contributed by atoms with Gasteiger partial charge < -0.3 is 15.0 Å².